The summed E-state index contributed by atoms with van der Waals surface area (Å²) in [6.45, 7) is 1.24. The van der Waals surface area contributed by atoms with Crippen molar-refractivity contribution in [1.82, 2.24) is 9.78 Å². The minimum Gasteiger partial charge on any atom is -0.488 e. The van der Waals surface area contributed by atoms with Gasteiger partial charge in [0.25, 0.3) is 0 Å². The van der Waals surface area contributed by atoms with E-state index in [9.17, 15) is 0 Å². The van der Waals surface area contributed by atoms with E-state index in [1.54, 1.807) is 6.20 Å². The van der Waals surface area contributed by atoms with Crippen molar-refractivity contribution in [1.29, 1.82) is 0 Å². The Morgan fingerprint density at radius 3 is 2.94 bits per heavy atom. The molecule has 0 amide bonds. The van der Waals surface area contributed by atoms with Crippen molar-refractivity contribution in [3.8, 4) is 5.75 Å². The molecular weight excluding hydrogens is 270 g/mol. The second-order valence-electron chi connectivity index (χ2n) is 3.28. The number of rotatable bonds is 4. The highest BCUT2D eigenvalue weighted by Gasteiger charge is 2.04. The minimum absolute atomic E-state index is 0.536. The predicted octanol–water partition coefficient (Wildman–Crippen LogP) is 2.31. The van der Waals surface area contributed by atoms with E-state index in [0.29, 0.717) is 24.6 Å². The molecule has 1 aromatic heterocycles. The third kappa shape index (κ3) is 2.55. The number of ether oxygens (including phenoxy) is 1. The summed E-state index contributed by atoms with van der Waals surface area (Å²) in [6.07, 6.45) is 3.64. The highest BCUT2D eigenvalue weighted by Crippen LogP contribution is 2.30. The Morgan fingerprint density at radius 2 is 2.25 bits per heavy atom. The maximum Gasteiger partial charge on any atom is 0.156 e. The number of nitrogen functional groups attached to an aromatic ring is 1. The molecule has 0 spiro atoms. The van der Waals surface area contributed by atoms with Crippen molar-refractivity contribution < 1.29 is 4.74 Å². The Labute approximate surface area is 102 Å². The van der Waals surface area contributed by atoms with Gasteiger partial charge < -0.3 is 10.5 Å². The summed E-state index contributed by atoms with van der Waals surface area (Å²) in [7, 11) is 0. The van der Waals surface area contributed by atoms with E-state index in [2.05, 4.69) is 21.0 Å². The van der Waals surface area contributed by atoms with Crippen LogP contribution < -0.4 is 10.5 Å². The van der Waals surface area contributed by atoms with E-state index >= 15 is 0 Å². The number of para-hydroxylation sites is 1. The molecule has 1 heterocycles. The molecule has 0 fully saturated rings. The molecule has 4 nitrogen and oxygen atoms in total. The third-order valence-corrected chi connectivity index (χ3v) is 2.75. The highest BCUT2D eigenvalue weighted by molar-refractivity contribution is 9.10. The molecule has 1 aromatic carbocycles. The number of hydrogen-bond donors (Lipinski definition) is 1. The maximum absolute atomic E-state index is 5.80. The van der Waals surface area contributed by atoms with Crippen molar-refractivity contribution in [2.75, 3.05) is 12.3 Å². The smallest absolute Gasteiger partial charge is 0.156 e. The molecule has 84 valence electrons. The summed E-state index contributed by atoms with van der Waals surface area (Å²) in [5.41, 5.74) is 6.44. The van der Waals surface area contributed by atoms with Gasteiger partial charge in [-0.05, 0) is 34.1 Å². The van der Waals surface area contributed by atoms with Gasteiger partial charge >= 0.3 is 0 Å². The van der Waals surface area contributed by atoms with Gasteiger partial charge in [-0.2, -0.15) is 5.10 Å². The Hall–Kier alpha value is -1.49. The number of nitrogens with zero attached hydrogens (tertiary/aromatic N) is 2. The molecule has 2 N–H and O–H groups in total. The molecule has 0 saturated carbocycles. The van der Waals surface area contributed by atoms with Crippen LogP contribution in [0.15, 0.2) is 41.1 Å². The van der Waals surface area contributed by atoms with E-state index in [-0.39, 0.29) is 0 Å². The molecule has 0 atom stereocenters. The van der Waals surface area contributed by atoms with E-state index in [1.165, 1.54) is 0 Å². The fraction of sp³-hybridized carbons (Fsp3) is 0.182. The SMILES string of the molecule is Nc1cccc(Br)c1OCCn1cccn1. The normalized spacial score (nSPS) is 10.3. The molecule has 0 unspecified atom stereocenters. The molecular formula is C11H12BrN3O. The quantitative estimate of drug-likeness (QED) is 0.875. The van der Waals surface area contributed by atoms with Gasteiger partial charge in [0.05, 0.1) is 16.7 Å². The van der Waals surface area contributed by atoms with Crippen LogP contribution in [0.2, 0.25) is 0 Å². The van der Waals surface area contributed by atoms with Crippen LogP contribution in [0.4, 0.5) is 5.69 Å². The largest absolute Gasteiger partial charge is 0.488 e. The van der Waals surface area contributed by atoms with E-state index in [4.69, 9.17) is 10.5 Å². The predicted molar refractivity (Wildman–Crippen MR) is 66.3 cm³/mol. The van der Waals surface area contributed by atoms with Crippen LogP contribution in [0.25, 0.3) is 0 Å². The van der Waals surface area contributed by atoms with Crippen molar-refractivity contribution in [2.24, 2.45) is 0 Å². The molecule has 0 aliphatic carbocycles. The van der Waals surface area contributed by atoms with E-state index in [0.717, 1.165) is 4.47 Å². The lowest BCUT2D eigenvalue weighted by atomic mass is 10.3. The van der Waals surface area contributed by atoms with Gasteiger partial charge in [-0.25, -0.2) is 0 Å². The van der Waals surface area contributed by atoms with Gasteiger partial charge in [0.2, 0.25) is 0 Å². The molecule has 0 bridgehead atoms. The number of aromatic nitrogens is 2. The minimum atomic E-state index is 0.536. The first kappa shape index (κ1) is 11.0. The van der Waals surface area contributed by atoms with Crippen LogP contribution in [0, 0.1) is 0 Å². The second-order valence-corrected chi connectivity index (χ2v) is 4.13. The number of hydrogen-bond acceptors (Lipinski definition) is 3. The van der Waals surface area contributed by atoms with Crippen molar-refractivity contribution >= 4 is 21.6 Å². The first-order valence-corrected chi connectivity index (χ1v) is 5.71. The third-order valence-electron chi connectivity index (χ3n) is 2.12. The Kier molecular flexibility index (Phi) is 3.46. The first-order chi connectivity index (χ1) is 7.77. The van der Waals surface area contributed by atoms with E-state index < -0.39 is 0 Å². The maximum atomic E-state index is 5.80. The fourth-order valence-electron chi connectivity index (χ4n) is 1.35. The Morgan fingerprint density at radius 1 is 1.38 bits per heavy atom. The second kappa shape index (κ2) is 5.03. The van der Waals surface area contributed by atoms with Crippen LogP contribution >= 0.6 is 15.9 Å². The summed E-state index contributed by atoms with van der Waals surface area (Å²) in [5, 5.41) is 4.09. The number of halogens is 1. The molecule has 0 saturated heterocycles. The molecule has 0 radical (unpaired) electrons. The van der Waals surface area contributed by atoms with Crippen molar-refractivity contribution in [3.05, 3.63) is 41.1 Å². The Balaban J connectivity index is 1.95. The lowest BCUT2D eigenvalue weighted by Gasteiger charge is -2.10. The first-order valence-electron chi connectivity index (χ1n) is 4.91. The summed E-state index contributed by atoms with van der Waals surface area (Å²) in [4.78, 5) is 0. The fourth-order valence-corrected chi connectivity index (χ4v) is 1.85. The van der Waals surface area contributed by atoms with Gasteiger partial charge in [0, 0.05) is 12.4 Å². The molecule has 0 aliphatic rings. The summed E-state index contributed by atoms with van der Waals surface area (Å²) in [5.74, 6) is 0.689. The average molecular weight is 282 g/mol. The summed E-state index contributed by atoms with van der Waals surface area (Å²) in [6, 6.07) is 7.47. The highest BCUT2D eigenvalue weighted by atomic mass is 79.9. The molecule has 5 heteroatoms. The topological polar surface area (TPSA) is 53.1 Å². The lowest BCUT2D eigenvalue weighted by Crippen LogP contribution is -2.09. The van der Waals surface area contributed by atoms with Crippen LogP contribution in [0.1, 0.15) is 0 Å². The number of anilines is 1. The summed E-state index contributed by atoms with van der Waals surface area (Å²) >= 11 is 3.40. The molecule has 2 aromatic rings. The zero-order chi connectivity index (χ0) is 11.4. The monoisotopic (exact) mass is 281 g/mol. The average Bonchev–Trinajstić information content (AvgIpc) is 2.75. The molecule has 16 heavy (non-hydrogen) atoms. The molecule has 0 aliphatic heterocycles. The zero-order valence-corrected chi connectivity index (χ0v) is 10.2. The van der Waals surface area contributed by atoms with Crippen molar-refractivity contribution in [3.63, 3.8) is 0 Å². The van der Waals surface area contributed by atoms with Gasteiger partial charge in [-0.3, -0.25) is 4.68 Å². The van der Waals surface area contributed by atoms with Gasteiger partial charge in [-0.15, -0.1) is 0 Å². The molecule has 2 rings (SSSR count). The van der Waals surface area contributed by atoms with Gasteiger partial charge in [0.1, 0.15) is 6.61 Å². The van der Waals surface area contributed by atoms with Crippen LogP contribution in [0.5, 0.6) is 5.75 Å². The van der Waals surface area contributed by atoms with Crippen LogP contribution in [-0.4, -0.2) is 16.4 Å². The standard InChI is InChI=1S/C11H12BrN3O/c12-9-3-1-4-10(13)11(9)16-8-7-15-6-2-5-14-15/h1-6H,7-8,13H2. The number of nitrogens with two attached hydrogens (primary N) is 1. The summed E-state index contributed by atoms with van der Waals surface area (Å²) < 4.78 is 8.29. The van der Waals surface area contributed by atoms with Crippen molar-refractivity contribution in [2.45, 2.75) is 6.54 Å². The lowest BCUT2D eigenvalue weighted by molar-refractivity contribution is 0.291. The van der Waals surface area contributed by atoms with Gasteiger partial charge in [-0.1, -0.05) is 6.07 Å². The zero-order valence-electron chi connectivity index (χ0n) is 8.64. The number of benzene rings is 1. The van der Waals surface area contributed by atoms with Crippen LogP contribution in [-0.2, 0) is 6.54 Å². The Bertz CT molecular complexity index is 436. The van der Waals surface area contributed by atoms with Crippen LogP contribution in [0.3, 0.4) is 0 Å². The van der Waals surface area contributed by atoms with Gasteiger partial charge in [0.15, 0.2) is 5.75 Å². The van der Waals surface area contributed by atoms with E-state index in [1.807, 2.05) is 35.1 Å².